The smallest absolute Gasteiger partial charge is 0.163 e. The topological polar surface area (TPSA) is 26.3 Å². The van der Waals surface area contributed by atoms with E-state index in [2.05, 4.69) is 0 Å². The first-order valence-electron chi connectivity index (χ1n) is 3.57. The van der Waals surface area contributed by atoms with Gasteiger partial charge in [0.2, 0.25) is 0 Å². The van der Waals surface area contributed by atoms with Crippen molar-refractivity contribution < 1.29 is 9.09 Å². The van der Waals surface area contributed by atoms with E-state index < -0.39 is 8.03 Å². The molecule has 0 bridgehead atoms. The van der Waals surface area contributed by atoms with Crippen LogP contribution in [-0.2, 0) is 9.09 Å². The molecule has 0 aliphatic carbocycles. The molecule has 0 spiro atoms. The van der Waals surface area contributed by atoms with Gasteiger partial charge in [0.1, 0.15) is 6.61 Å². The Hall–Kier alpha value is 0.410. The first-order valence-corrected chi connectivity index (χ1v) is 6.15. The van der Waals surface area contributed by atoms with E-state index in [0.29, 0.717) is 6.61 Å². The molecule has 0 saturated carbocycles. The second-order valence-corrected chi connectivity index (χ2v) is 6.35. The van der Waals surface area contributed by atoms with Gasteiger partial charge >= 0.3 is 8.03 Å². The summed E-state index contributed by atoms with van der Waals surface area (Å²) in [6.45, 7) is 6.36. The molecule has 0 fully saturated rings. The first kappa shape index (κ1) is 11.4. The lowest BCUT2D eigenvalue weighted by atomic mass is 10.3. The third-order valence-electron chi connectivity index (χ3n) is 1.04. The van der Waals surface area contributed by atoms with Crippen molar-refractivity contribution in [2.24, 2.45) is 0 Å². The highest BCUT2D eigenvalue weighted by molar-refractivity contribution is 7.98. The predicted molar refractivity (Wildman–Crippen MR) is 51.7 cm³/mol. The fourth-order valence-corrected chi connectivity index (χ4v) is 1.42. The van der Waals surface area contributed by atoms with Crippen molar-refractivity contribution in [1.82, 2.24) is 0 Å². The molecule has 0 aliphatic heterocycles. The van der Waals surface area contributed by atoms with Gasteiger partial charge in [-0.1, -0.05) is 0 Å². The second-order valence-electron chi connectivity index (χ2n) is 3.25. The molecule has 0 N–H and O–H groups in total. The van der Waals surface area contributed by atoms with Crippen LogP contribution >= 0.6 is 19.8 Å². The predicted octanol–water partition coefficient (Wildman–Crippen LogP) is 2.91. The zero-order valence-electron chi connectivity index (χ0n) is 7.59. The van der Waals surface area contributed by atoms with Crippen LogP contribution in [0.2, 0.25) is 0 Å². The van der Waals surface area contributed by atoms with Crippen LogP contribution in [0.3, 0.4) is 0 Å². The molecule has 2 nitrogen and oxygen atoms in total. The SMILES string of the molecule is CSCCO[P+](=O)C(C)(C)C. The Balaban J connectivity index is 3.54. The minimum Gasteiger partial charge on any atom is -0.163 e. The van der Waals surface area contributed by atoms with E-state index in [9.17, 15) is 4.57 Å². The Labute approximate surface area is 74.0 Å². The Morgan fingerprint density at radius 3 is 2.36 bits per heavy atom. The van der Waals surface area contributed by atoms with Crippen LogP contribution in [0, 0.1) is 0 Å². The summed E-state index contributed by atoms with van der Waals surface area (Å²) < 4.78 is 16.4. The van der Waals surface area contributed by atoms with Crippen molar-refractivity contribution in [2.75, 3.05) is 18.6 Å². The number of thioether (sulfide) groups is 1. The Morgan fingerprint density at radius 1 is 1.45 bits per heavy atom. The average Bonchev–Trinajstić information content (AvgIpc) is 1.86. The largest absolute Gasteiger partial charge is 0.513 e. The van der Waals surface area contributed by atoms with Crippen molar-refractivity contribution in [1.29, 1.82) is 0 Å². The van der Waals surface area contributed by atoms with Crippen molar-refractivity contribution >= 4 is 19.8 Å². The van der Waals surface area contributed by atoms with E-state index in [0.717, 1.165) is 5.75 Å². The maximum absolute atomic E-state index is 11.3. The standard InChI is InChI=1S/C7H16O2PS/c1-7(2,3)10(8)9-5-6-11-4/h5-6H2,1-4H3/q+1. The summed E-state index contributed by atoms with van der Waals surface area (Å²) in [4.78, 5) is 0. The van der Waals surface area contributed by atoms with Gasteiger partial charge in [-0.05, 0) is 31.6 Å². The summed E-state index contributed by atoms with van der Waals surface area (Å²) >= 11 is 1.70. The summed E-state index contributed by atoms with van der Waals surface area (Å²) in [5, 5.41) is -0.215. The van der Waals surface area contributed by atoms with E-state index in [1.165, 1.54) is 0 Å². The normalized spacial score (nSPS) is 13.3. The van der Waals surface area contributed by atoms with Crippen LogP contribution < -0.4 is 0 Å². The van der Waals surface area contributed by atoms with E-state index in [-0.39, 0.29) is 5.16 Å². The lowest BCUT2D eigenvalue weighted by molar-refractivity contribution is 0.339. The fraction of sp³-hybridized carbons (Fsp3) is 1.00. The summed E-state index contributed by atoms with van der Waals surface area (Å²) in [6.07, 6.45) is 2.01. The van der Waals surface area contributed by atoms with E-state index >= 15 is 0 Å². The molecular formula is C7H16O2PS+. The molecule has 0 aromatic carbocycles. The van der Waals surface area contributed by atoms with Crippen LogP contribution in [0.4, 0.5) is 0 Å². The van der Waals surface area contributed by atoms with Gasteiger partial charge in [0.15, 0.2) is 5.16 Å². The monoisotopic (exact) mass is 195 g/mol. The van der Waals surface area contributed by atoms with Gasteiger partial charge in [-0.3, -0.25) is 0 Å². The van der Waals surface area contributed by atoms with Crippen molar-refractivity contribution in [3.63, 3.8) is 0 Å². The maximum atomic E-state index is 11.3. The van der Waals surface area contributed by atoms with Crippen molar-refractivity contribution in [3.8, 4) is 0 Å². The van der Waals surface area contributed by atoms with Crippen LogP contribution in [-0.4, -0.2) is 23.8 Å². The van der Waals surface area contributed by atoms with Crippen LogP contribution in [0.5, 0.6) is 0 Å². The molecular weight excluding hydrogens is 179 g/mol. The Kier molecular flexibility index (Phi) is 5.32. The van der Waals surface area contributed by atoms with Crippen molar-refractivity contribution in [3.05, 3.63) is 0 Å². The van der Waals surface area contributed by atoms with E-state index in [1.54, 1.807) is 11.8 Å². The van der Waals surface area contributed by atoms with Crippen molar-refractivity contribution in [2.45, 2.75) is 25.9 Å². The van der Waals surface area contributed by atoms with Gasteiger partial charge in [-0.15, -0.1) is 4.52 Å². The molecule has 1 atom stereocenters. The summed E-state index contributed by atoms with van der Waals surface area (Å²) in [7, 11) is -1.50. The molecule has 0 aromatic rings. The molecule has 0 aliphatic rings. The van der Waals surface area contributed by atoms with Crippen LogP contribution in [0.25, 0.3) is 0 Å². The third-order valence-corrected chi connectivity index (χ3v) is 3.13. The molecule has 0 heterocycles. The molecule has 4 heteroatoms. The molecule has 0 rings (SSSR count). The number of rotatable bonds is 4. The second kappa shape index (κ2) is 5.13. The molecule has 0 saturated heterocycles. The van der Waals surface area contributed by atoms with Gasteiger partial charge in [0.25, 0.3) is 0 Å². The maximum Gasteiger partial charge on any atom is 0.513 e. The minimum atomic E-state index is -1.50. The number of hydrogen-bond donors (Lipinski definition) is 0. The Morgan fingerprint density at radius 2 is 2.00 bits per heavy atom. The lowest BCUT2D eigenvalue weighted by Gasteiger charge is -2.02. The summed E-state index contributed by atoms with van der Waals surface area (Å²) in [5.74, 6) is 0.914. The minimum absolute atomic E-state index is 0.215. The molecule has 1 unspecified atom stereocenters. The molecule has 66 valence electrons. The van der Waals surface area contributed by atoms with Gasteiger partial charge in [0.05, 0.1) is 0 Å². The van der Waals surface area contributed by atoms with E-state index in [1.807, 2.05) is 27.0 Å². The van der Waals surface area contributed by atoms with Gasteiger partial charge in [-0.25, -0.2) is 0 Å². The summed E-state index contributed by atoms with van der Waals surface area (Å²) in [5.41, 5.74) is 0. The van der Waals surface area contributed by atoms with E-state index in [4.69, 9.17) is 4.52 Å². The molecule has 0 radical (unpaired) electrons. The molecule has 0 amide bonds. The number of hydrogen-bond acceptors (Lipinski definition) is 3. The van der Waals surface area contributed by atoms with Crippen LogP contribution in [0.1, 0.15) is 20.8 Å². The van der Waals surface area contributed by atoms with Gasteiger partial charge in [-0.2, -0.15) is 11.8 Å². The third kappa shape index (κ3) is 5.66. The Bertz CT molecular complexity index is 131. The fourth-order valence-electron chi connectivity index (χ4n) is 0.397. The quantitative estimate of drug-likeness (QED) is 0.509. The lowest BCUT2D eigenvalue weighted by Crippen LogP contribution is -2.09. The molecule has 11 heavy (non-hydrogen) atoms. The molecule has 0 aromatic heterocycles. The van der Waals surface area contributed by atoms with Gasteiger partial charge < -0.3 is 0 Å². The highest BCUT2D eigenvalue weighted by Gasteiger charge is 2.36. The zero-order chi connectivity index (χ0) is 8.91. The zero-order valence-corrected chi connectivity index (χ0v) is 9.30. The van der Waals surface area contributed by atoms with Crippen LogP contribution in [0.15, 0.2) is 0 Å². The average molecular weight is 195 g/mol. The van der Waals surface area contributed by atoms with Gasteiger partial charge in [0, 0.05) is 5.75 Å². The summed E-state index contributed by atoms with van der Waals surface area (Å²) in [6, 6.07) is 0. The highest BCUT2D eigenvalue weighted by atomic mass is 32.2. The first-order chi connectivity index (χ1) is 4.98. The highest BCUT2D eigenvalue weighted by Crippen LogP contribution is 2.38.